The number of aliphatic hydroxyl groups is 1. The minimum absolute atomic E-state index is 0.0639. The maximum atomic E-state index is 11.9. The van der Waals surface area contributed by atoms with Gasteiger partial charge in [0.1, 0.15) is 0 Å². The molecule has 0 saturated carbocycles. The van der Waals surface area contributed by atoms with Crippen LogP contribution in [0.3, 0.4) is 0 Å². The number of rotatable bonds is 8. The van der Waals surface area contributed by atoms with Crippen LogP contribution in [0.15, 0.2) is 0 Å². The first kappa shape index (κ1) is 14.4. The minimum Gasteiger partial charge on any atom is -0.395 e. The highest BCUT2D eigenvalue weighted by atomic mass is 16.3. The largest absolute Gasteiger partial charge is 0.395 e. The van der Waals surface area contributed by atoms with Gasteiger partial charge in [-0.15, -0.1) is 0 Å². The van der Waals surface area contributed by atoms with Gasteiger partial charge in [-0.05, 0) is 19.3 Å². The predicted molar refractivity (Wildman–Crippen MR) is 62.7 cm³/mol. The molecule has 0 aromatic rings. The topological polar surface area (TPSA) is 40.5 Å². The summed E-state index contributed by atoms with van der Waals surface area (Å²) in [5.74, 6) is 0.194. The van der Waals surface area contributed by atoms with Crippen LogP contribution >= 0.6 is 0 Å². The fraction of sp³-hybridized carbons (Fsp3) is 0.917. The van der Waals surface area contributed by atoms with Crippen molar-refractivity contribution in [1.29, 1.82) is 0 Å². The van der Waals surface area contributed by atoms with Gasteiger partial charge in [-0.1, -0.05) is 27.2 Å². The molecule has 0 heterocycles. The average molecular weight is 215 g/mol. The molecule has 0 aromatic heterocycles. The number of amides is 1. The van der Waals surface area contributed by atoms with E-state index in [0.29, 0.717) is 19.0 Å². The number of aliphatic hydroxyl groups excluding tert-OH is 1. The van der Waals surface area contributed by atoms with Crippen LogP contribution in [-0.2, 0) is 4.79 Å². The van der Waals surface area contributed by atoms with Gasteiger partial charge in [0.25, 0.3) is 0 Å². The van der Waals surface area contributed by atoms with Crippen molar-refractivity contribution in [2.24, 2.45) is 0 Å². The number of nitrogens with zero attached hydrogens (tertiary/aromatic N) is 1. The molecule has 0 aliphatic rings. The van der Waals surface area contributed by atoms with Gasteiger partial charge in [0.05, 0.1) is 6.61 Å². The van der Waals surface area contributed by atoms with E-state index in [4.69, 9.17) is 5.11 Å². The Bertz CT molecular complexity index is 167. The fourth-order valence-electron chi connectivity index (χ4n) is 1.82. The van der Waals surface area contributed by atoms with Crippen molar-refractivity contribution in [1.82, 2.24) is 4.90 Å². The van der Waals surface area contributed by atoms with Gasteiger partial charge in [-0.2, -0.15) is 0 Å². The van der Waals surface area contributed by atoms with Crippen molar-refractivity contribution in [3.05, 3.63) is 0 Å². The number of hydrogen-bond donors (Lipinski definition) is 1. The molecule has 0 bridgehead atoms. The Kier molecular flexibility index (Phi) is 8.38. The molecule has 0 rings (SSSR count). The Morgan fingerprint density at radius 3 is 2.27 bits per heavy atom. The normalized spacial score (nSPS) is 10.7. The zero-order chi connectivity index (χ0) is 11.7. The number of carbonyl (C=O) groups excluding carboxylic acids is 1. The molecule has 3 heteroatoms. The lowest BCUT2D eigenvalue weighted by Crippen LogP contribution is -2.41. The van der Waals surface area contributed by atoms with E-state index in [2.05, 4.69) is 20.8 Å². The van der Waals surface area contributed by atoms with Crippen molar-refractivity contribution in [2.75, 3.05) is 13.2 Å². The van der Waals surface area contributed by atoms with Crippen LogP contribution in [0.2, 0.25) is 0 Å². The number of hydrogen-bond acceptors (Lipinski definition) is 2. The summed E-state index contributed by atoms with van der Waals surface area (Å²) in [7, 11) is 0. The molecule has 1 N–H and O–H groups in total. The highest BCUT2D eigenvalue weighted by Gasteiger charge is 2.19. The second-order valence-corrected chi connectivity index (χ2v) is 3.88. The van der Waals surface area contributed by atoms with Gasteiger partial charge in [-0.3, -0.25) is 4.79 Å². The maximum Gasteiger partial charge on any atom is 0.222 e. The van der Waals surface area contributed by atoms with E-state index in [1.807, 2.05) is 4.90 Å². The summed E-state index contributed by atoms with van der Waals surface area (Å²) in [6.45, 7) is 6.81. The first-order valence-corrected chi connectivity index (χ1v) is 6.11. The summed E-state index contributed by atoms with van der Waals surface area (Å²) in [4.78, 5) is 13.7. The number of carbonyl (C=O) groups is 1. The third kappa shape index (κ3) is 5.17. The molecule has 0 spiro atoms. The summed E-state index contributed by atoms with van der Waals surface area (Å²) >= 11 is 0. The van der Waals surface area contributed by atoms with Gasteiger partial charge in [0.15, 0.2) is 0 Å². The van der Waals surface area contributed by atoms with Gasteiger partial charge in [0, 0.05) is 19.0 Å². The maximum absolute atomic E-state index is 11.9. The molecular formula is C12H25NO2. The molecule has 0 atom stereocenters. The first-order chi connectivity index (χ1) is 7.21. The zero-order valence-corrected chi connectivity index (χ0v) is 10.3. The molecule has 0 aliphatic carbocycles. The quantitative estimate of drug-likeness (QED) is 0.674. The minimum atomic E-state index is 0.0639. The number of unbranched alkanes of at least 4 members (excludes halogenated alkanes) is 1. The van der Waals surface area contributed by atoms with Gasteiger partial charge in [-0.25, -0.2) is 0 Å². The molecule has 15 heavy (non-hydrogen) atoms. The molecule has 0 aliphatic heterocycles. The molecule has 0 radical (unpaired) electrons. The van der Waals surface area contributed by atoms with E-state index in [0.717, 1.165) is 25.7 Å². The van der Waals surface area contributed by atoms with E-state index >= 15 is 0 Å². The fourth-order valence-corrected chi connectivity index (χ4v) is 1.82. The smallest absolute Gasteiger partial charge is 0.222 e. The van der Waals surface area contributed by atoms with Gasteiger partial charge in [0.2, 0.25) is 5.91 Å². The molecule has 0 unspecified atom stereocenters. The molecular weight excluding hydrogens is 190 g/mol. The Morgan fingerprint density at radius 1 is 1.27 bits per heavy atom. The van der Waals surface area contributed by atoms with Crippen molar-refractivity contribution in [2.45, 2.75) is 58.9 Å². The van der Waals surface area contributed by atoms with Gasteiger partial charge < -0.3 is 10.0 Å². The highest BCUT2D eigenvalue weighted by Crippen LogP contribution is 2.11. The average Bonchev–Trinajstić information content (AvgIpc) is 2.26. The summed E-state index contributed by atoms with van der Waals surface area (Å²) in [6, 6.07) is 0.293. The molecule has 0 aromatic carbocycles. The van der Waals surface area contributed by atoms with E-state index in [1.54, 1.807) is 0 Å². The lowest BCUT2D eigenvalue weighted by molar-refractivity contribution is -0.134. The summed E-state index contributed by atoms with van der Waals surface area (Å²) < 4.78 is 0. The Labute approximate surface area is 93.5 Å². The first-order valence-electron chi connectivity index (χ1n) is 6.11. The molecule has 3 nitrogen and oxygen atoms in total. The highest BCUT2D eigenvalue weighted by molar-refractivity contribution is 5.76. The summed E-state index contributed by atoms with van der Waals surface area (Å²) in [5, 5.41) is 8.96. The van der Waals surface area contributed by atoms with E-state index in [-0.39, 0.29) is 12.5 Å². The molecule has 1 amide bonds. The van der Waals surface area contributed by atoms with Crippen LogP contribution in [0.1, 0.15) is 52.9 Å². The van der Waals surface area contributed by atoms with Crippen LogP contribution in [0.25, 0.3) is 0 Å². The molecule has 90 valence electrons. The van der Waals surface area contributed by atoms with Crippen LogP contribution in [0, 0.1) is 0 Å². The Hall–Kier alpha value is -0.570. The van der Waals surface area contributed by atoms with Crippen molar-refractivity contribution < 1.29 is 9.90 Å². The third-order valence-corrected chi connectivity index (χ3v) is 2.79. The lowest BCUT2D eigenvalue weighted by Gasteiger charge is -2.30. The third-order valence-electron chi connectivity index (χ3n) is 2.79. The molecule has 0 fully saturated rings. The van der Waals surface area contributed by atoms with Crippen LogP contribution in [0.4, 0.5) is 0 Å². The van der Waals surface area contributed by atoms with Crippen LogP contribution < -0.4 is 0 Å². The monoisotopic (exact) mass is 215 g/mol. The molecule has 0 saturated heterocycles. The predicted octanol–water partition coefficient (Wildman–Crippen LogP) is 2.19. The van der Waals surface area contributed by atoms with Crippen LogP contribution in [0.5, 0.6) is 0 Å². The second-order valence-electron chi connectivity index (χ2n) is 3.88. The Balaban J connectivity index is 4.28. The van der Waals surface area contributed by atoms with E-state index < -0.39 is 0 Å². The summed E-state index contributed by atoms with van der Waals surface area (Å²) in [6.07, 6.45) is 4.54. The van der Waals surface area contributed by atoms with Crippen molar-refractivity contribution in [3.8, 4) is 0 Å². The van der Waals surface area contributed by atoms with E-state index in [9.17, 15) is 4.79 Å². The summed E-state index contributed by atoms with van der Waals surface area (Å²) in [5.41, 5.74) is 0. The standard InChI is InChI=1S/C12H25NO2/c1-4-7-8-12(15)13(9-10-14)11(5-2)6-3/h11,14H,4-10H2,1-3H3. The zero-order valence-electron chi connectivity index (χ0n) is 10.3. The Morgan fingerprint density at radius 2 is 1.87 bits per heavy atom. The van der Waals surface area contributed by atoms with Gasteiger partial charge >= 0.3 is 0 Å². The van der Waals surface area contributed by atoms with E-state index in [1.165, 1.54) is 0 Å². The SMILES string of the molecule is CCCCC(=O)N(CCO)C(CC)CC. The second kappa shape index (κ2) is 8.72. The lowest BCUT2D eigenvalue weighted by atomic mass is 10.1. The van der Waals surface area contributed by atoms with Crippen LogP contribution in [-0.4, -0.2) is 35.1 Å². The van der Waals surface area contributed by atoms with Crippen molar-refractivity contribution >= 4 is 5.91 Å². The van der Waals surface area contributed by atoms with Crippen molar-refractivity contribution in [3.63, 3.8) is 0 Å².